The summed E-state index contributed by atoms with van der Waals surface area (Å²) in [5.74, 6) is 0.0410. The van der Waals surface area contributed by atoms with Crippen LogP contribution >= 0.6 is 0 Å². The van der Waals surface area contributed by atoms with E-state index < -0.39 is 0 Å². The van der Waals surface area contributed by atoms with Crippen LogP contribution in [0.4, 0.5) is 5.69 Å². The molecule has 3 N–H and O–H groups in total. The molecule has 0 saturated carbocycles. The Bertz CT molecular complexity index is 464. The molecule has 0 unspecified atom stereocenters. The second-order valence-electron chi connectivity index (χ2n) is 2.89. The van der Waals surface area contributed by atoms with E-state index in [1.165, 1.54) is 10.8 Å². The minimum Gasteiger partial charge on any atom is -0.506 e. The van der Waals surface area contributed by atoms with Gasteiger partial charge < -0.3 is 15.7 Å². The van der Waals surface area contributed by atoms with Crippen molar-refractivity contribution in [2.45, 2.75) is 6.92 Å². The number of anilines is 1. The predicted octanol–water partition coefficient (Wildman–Crippen LogP) is 0.773. The van der Waals surface area contributed by atoms with Crippen molar-refractivity contribution in [2.24, 2.45) is 0 Å². The molecule has 1 aromatic heterocycles. The molecule has 2 rings (SSSR count). The van der Waals surface area contributed by atoms with Crippen molar-refractivity contribution >= 4 is 16.7 Å². The number of nitrogen functional groups attached to an aromatic ring is 1. The van der Waals surface area contributed by atoms with Gasteiger partial charge in [0.25, 0.3) is 0 Å². The summed E-state index contributed by atoms with van der Waals surface area (Å²) < 4.78 is 1.53. The molecular formula is C9H11N3O2. The molecule has 0 aliphatic carbocycles. The van der Waals surface area contributed by atoms with E-state index in [4.69, 9.17) is 10.6 Å². The van der Waals surface area contributed by atoms with E-state index in [0.717, 1.165) is 5.52 Å². The molecule has 0 radical (unpaired) electrons. The highest BCUT2D eigenvalue weighted by atomic mass is 16.7. The van der Waals surface area contributed by atoms with E-state index >= 15 is 0 Å². The number of fused-ring (bicyclic) bond motifs is 1. The summed E-state index contributed by atoms with van der Waals surface area (Å²) in [4.78, 5) is 9.33. The van der Waals surface area contributed by atoms with Gasteiger partial charge in [0.2, 0.25) is 0 Å². The maximum Gasteiger partial charge on any atom is 0.140 e. The summed E-state index contributed by atoms with van der Waals surface area (Å²) >= 11 is 0. The van der Waals surface area contributed by atoms with E-state index in [2.05, 4.69) is 4.98 Å². The number of hydrogen-bond donors (Lipinski definition) is 2. The third kappa shape index (κ3) is 1.22. The molecule has 0 amide bonds. The van der Waals surface area contributed by atoms with Crippen LogP contribution in [0.2, 0.25) is 0 Å². The number of hydrogen-bond acceptors (Lipinski definition) is 4. The quantitative estimate of drug-likeness (QED) is 0.545. The Morgan fingerprint density at radius 3 is 3.07 bits per heavy atom. The standard InChI is InChI=1S/C9H11N3O2/c1-2-14-12-5-11-7-4-9(13)6(10)3-8(7)12/h3-5,13H,2,10H2,1H3. The number of rotatable bonds is 2. The van der Waals surface area contributed by atoms with Crippen molar-refractivity contribution in [3.63, 3.8) is 0 Å². The lowest BCUT2D eigenvalue weighted by Gasteiger charge is -2.04. The smallest absolute Gasteiger partial charge is 0.140 e. The predicted molar refractivity (Wildman–Crippen MR) is 52.9 cm³/mol. The normalized spacial score (nSPS) is 10.6. The number of phenols is 1. The largest absolute Gasteiger partial charge is 0.506 e. The molecule has 0 bridgehead atoms. The summed E-state index contributed by atoms with van der Waals surface area (Å²) in [6.45, 7) is 2.43. The summed E-state index contributed by atoms with van der Waals surface area (Å²) in [5.41, 5.74) is 7.29. The second kappa shape index (κ2) is 3.10. The van der Waals surface area contributed by atoms with Gasteiger partial charge in [0, 0.05) is 6.07 Å². The van der Waals surface area contributed by atoms with Gasteiger partial charge in [0.1, 0.15) is 24.2 Å². The van der Waals surface area contributed by atoms with Crippen LogP contribution in [0.25, 0.3) is 11.0 Å². The Morgan fingerprint density at radius 2 is 2.36 bits per heavy atom. The number of aromatic hydroxyl groups is 1. The minimum absolute atomic E-state index is 0.0410. The summed E-state index contributed by atoms with van der Waals surface area (Å²) in [5, 5.41) is 9.34. The maximum atomic E-state index is 9.34. The van der Waals surface area contributed by atoms with Gasteiger partial charge in [-0.3, -0.25) is 0 Å². The number of benzene rings is 1. The third-order valence-electron chi connectivity index (χ3n) is 1.93. The lowest BCUT2D eigenvalue weighted by atomic mass is 10.2. The van der Waals surface area contributed by atoms with E-state index in [9.17, 15) is 5.11 Å². The van der Waals surface area contributed by atoms with E-state index in [1.807, 2.05) is 6.92 Å². The SMILES string of the molecule is CCOn1cnc2cc(O)c(N)cc21. The average Bonchev–Trinajstić information content (AvgIpc) is 2.51. The minimum atomic E-state index is 0.0410. The Kier molecular flexibility index (Phi) is 1.92. The maximum absolute atomic E-state index is 9.34. The highest BCUT2D eigenvalue weighted by molar-refractivity contribution is 5.82. The third-order valence-corrected chi connectivity index (χ3v) is 1.93. The van der Waals surface area contributed by atoms with Crippen LogP contribution in [0.1, 0.15) is 6.92 Å². The van der Waals surface area contributed by atoms with Gasteiger partial charge in [-0.2, -0.15) is 4.73 Å². The zero-order valence-corrected chi connectivity index (χ0v) is 7.77. The van der Waals surface area contributed by atoms with Gasteiger partial charge in [-0.1, -0.05) is 0 Å². The van der Waals surface area contributed by atoms with Crippen LogP contribution in [0.3, 0.4) is 0 Å². The molecule has 14 heavy (non-hydrogen) atoms. The molecule has 0 aliphatic heterocycles. The fourth-order valence-electron chi connectivity index (χ4n) is 1.28. The Morgan fingerprint density at radius 1 is 1.57 bits per heavy atom. The van der Waals surface area contributed by atoms with Gasteiger partial charge in [0.15, 0.2) is 0 Å². The first-order chi connectivity index (χ1) is 6.72. The number of nitrogens with two attached hydrogens (primary N) is 1. The van der Waals surface area contributed by atoms with Crippen molar-refractivity contribution in [3.05, 3.63) is 18.5 Å². The molecule has 1 heterocycles. The Balaban J connectivity index is 2.61. The van der Waals surface area contributed by atoms with Gasteiger partial charge in [-0.15, -0.1) is 0 Å². The Hall–Kier alpha value is -1.91. The average molecular weight is 193 g/mol. The second-order valence-corrected chi connectivity index (χ2v) is 2.89. The van der Waals surface area contributed by atoms with E-state index in [0.29, 0.717) is 17.8 Å². The van der Waals surface area contributed by atoms with E-state index in [-0.39, 0.29) is 5.75 Å². The topological polar surface area (TPSA) is 73.3 Å². The molecule has 2 aromatic rings. The summed E-state index contributed by atoms with van der Waals surface area (Å²) in [6.07, 6.45) is 1.55. The summed E-state index contributed by atoms with van der Waals surface area (Å²) in [6, 6.07) is 3.15. The lowest BCUT2D eigenvalue weighted by Crippen LogP contribution is -2.08. The van der Waals surface area contributed by atoms with Crippen LogP contribution in [0.5, 0.6) is 5.75 Å². The molecule has 5 heteroatoms. The van der Waals surface area contributed by atoms with Crippen LogP contribution in [0.15, 0.2) is 18.5 Å². The van der Waals surface area contributed by atoms with Gasteiger partial charge >= 0.3 is 0 Å². The molecular weight excluding hydrogens is 182 g/mol. The van der Waals surface area contributed by atoms with E-state index in [1.54, 1.807) is 12.4 Å². The molecule has 74 valence electrons. The van der Waals surface area contributed by atoms with Crippen molar-refractivity contribution in [3.8, 4) is 5.75 Å². The number of imidazole rings is 1. The number of aromatic nitrogens is 2. The molecule has 0 spiro atoms. The zero-order valence-electron chi connectivity index (χ0n) is 7.77. The fraction of sp³-hybridized carbons (Fsp3) is 0.222. The fourth-order valence-corrected chi connectivity index (χ4v) is 1.28. The first kappa shape index (κ1) is 8.68. The summed E-state index contributed by atoms with van der Waals surface area (Å²) in [7, 11) is 0. The van der Waals surface area contributed by atoms with Gasteiger partial charge in [-0.05, 0) is 13.0 Å². The number of phenolic OH excluding ortho intramolecular Hbond substituents is 1. The molecule has 0 aliphatic rings. The molecule has 5 nitrogen and oxygen atoms in total. The van der Waals surface area contributed by atoms with Crippen LogP contribution < -0.4 is 10.6 Å². The van der Waals surface area contributed by atoms with Crippen LogP contribution in [-0.4, -0.2) is 21.4 Å². The first-order valence-electron chi connectivity index (χ1n) is 4.31. The Labute approximate surface area is 80.7 Å². The number of nitrogens with zero attached hydrogens (tertiary/aromatic N) is 2. The van der Waals surface area contributed by atoms with Crippen molar-refractivity contribution in [2.75, 3.05) is 12.3 Å². The molecule has 0 saturated heterocycles. The van der Waals surface area contributed by atoms with Crippen LogP contribution in [0, 0.1) is 0 Å². The van der Waals surface area contributed by atoms with Crippen LogP contribution in [-0.2, 0) is 0 Å². The first-order valence-corrected chi connectivity index (χ1v) is 4.31. The zero-order chi connectivity index (χ0) is 10.1. The highest BCUT2D eigenvalue weighted by Crippen LogP contribution is 2.25. The molecule has 0 fully saturated rings. The molecule has 0 atom stereocenters. The monoisotopic (exact) mass is 193 g/mol. The van der Waals surface area contributed by atoms with Crippen molar-refractivity contribution in [1.29, 1.82) is 0 Å². The van der Waals surface area contributed by atoms with Crippen molar-refractivity contribution < 1.29 is 9.94 Å². The van der Waals surface area contributed by atoms with Gasteiger partial charge in [0.05, 0.1) is 11.2 Å². The van der Waals surface area contributed by atoms with Gasteiger partial charge in [-0.25, -0.2) is 4.98 Å². The highest BCUT2D eigenvalue weighted by Gasteiger charge is 2.06. The van der Waals surface area contributed by atoms with Crippen molar-refractivity contribution in [1.82, 2.24) is 9.71 Å². The molecule has 1 aromatic carbocycles. The lowest BCUT2D eigenvalue weighted by molar-refractivity contribution is 0.131.